The molecule has 34 heavy (non-hydrogen) atoms. The van der Waals surface area contributed by atoms with Crippen molar-refractivity contribution in [2.75, 3.05) is 0 Å². The molecule has 6 rings (SSSR count). The summed E-state index contributed by atoms with van der Waals surface area (Å²) in [5.41, 5.74) is -1.02. The number of aliphatic hydroxyl groups excluding tert-OH is 1. The number of allylic oxidation sites excluding steroid dienone is 1. The van der Waals surface area contributed by atoms with Gasteiger partial charge in [0.1, 0.15) is 23.4 Å². The molecule has 0 aromatic carbocycles. The van der Waals surface area contributed by atoms with E-state index in [0.29, 0.717) is 23.8 Å². The number of ether oxygens (including phenoxy) is 2. The van der Waals surface area contributed by atoms with Gasteiger partial charge in [0.15, 0.2) is 5.78 Å². The predicted molar refractivity (Wildman–Crippen MR) is 125 cm³/mol. The third kappa shape index (κ3) is 2.53. The number of rotatable bonds is 2. The first-order chi connectivity index (χ1) is 15.9. The van der Waals surface area contributed by atoms with Crippen LogP contribution in [0, 0.1) is 34.5 Å². The van der Waals surface area contributed by atoms with Crippen molar-refractivity contribution < 1.29 is 29.3 Å². The number of aliphatic hydroxyl groups is 2. The van der Waals surface area contributed by atoms with Gasteiger partial charge < -0.3 is 19.7 Å². The summed E-state index contributed by atoms with van der Waals surface area (Å²) in [6.07, 6.45) is 6.96. The van der Waals surface area contributed by atoms with E-state index in [0.717, 1.165) is 37.7 Å². The minimum absolute atomic E-state index is 0.0158. The van der Waals surface area contributed by atoms with Crippen LogP contribution in [0.3, 0.4) is 0 Å². The molecule has 1 spiro atoms. The van der Waals surface area contributed by atoms with Crippen LogP contribution >= 0.6 is 0 Å². The average molecular weight is 471 g/mol. The summed E-state index contributed by atoms with van der Waals surface area (Å²) in [7, 11) is 0. The Morgan fingerprint density at radius 2 is 1.85 bits per heavy atom. The van der Waals surface area contributed by atoms with Crippen molar-refractivity contribution in [2.24, 2.45) is 34.5 Å². The Morgan fingerprint density at radius 3 is 2.56 bits per heavy atom. The van der Waals surface area contributed by atoms with E-state index in [2.05, 4.69) is 6.92 Å². The maximum absolute atomic E-state index is 13.3. The van der Waals surface area contributed by atoms with Crippen LogP contribution in [0.5, 0.6) is 0 Å². The molecule has 2 aliphatic heterocycles. The molecule has 186 valence electrons. The van der Waals surface area contributed by atoms with Gasteiger partial charge in [0.2, 0.25) is 0 Å². The molecule has 3 saturated carbocycles. The first-order valence-corrected chi connectivity index (χ1v) is 13.1. The lowest BCUT2D eigenvalue weighted by atomic mass is 9.44. The van der Waals surface area contributed by atoms with Crippen LogP contribution in [0.1, 0.15) is 73.1 Å². The maximum atomic E-state index is 13.3. The summed E-state index contributed by atoms with van der Waals surface area (Å²) in [6, 6.07) is 0. The molecule has 6 heteroatoms. The summed E-state index contributed by atoms with van der Waals surface area (Å²) >= 11 is 0. The van der Waals surface area contributed by atoms with Gasteiger partial charge in [-0.3, -0.25) is 4.79 Å². The van der Waals surface area contributed by atoms with Crippen LogP contribution in [-0.2, 0) is 19.1 Å². The summed E-state index contributed by atoms with van der Waals surface area (Å²) in [6.45, 7) is 9.96. The summed E-state index contributed by atoms with van der Waals surface area (Å²) < 4.78 is 12.0. The third-order valence-electron chi connectivity index (χ3n) is 11.7. The molecule has 6 aliphatic rings. The number of epoxide rings is 1. The summed E-state index contributed by atoms with van der Waals surface area (Å²) in [5, 5.41) is 22.7. The highest BCUT2D eigenvalue weighted by molar-refractivity contribution is 5.98. The van der Waals surface area contributed by atoms with E-state index < -0.39 is 28.8 Å². The zero-order valence-corrected chi connectivity index (χ0v) is 21.0. The highest BCUT2D eigenvalue weighted by atomic mass is 16.6. The fourth-order valence-electron chi connectivity index (χ4n) is 9.56. The van der Waals surface area contributed by atoms with Crippen LogP contribution in [0.25, 0.3) is 0 Å². The Kier molecular flexibility index (Phi) is 4.61. The predicted octanol–water partition coefficient (Wildman–Crippen LogP) is 3.50. The van der Waals surface area contributed by atoms with Gasteiger partial charge >= 0.3 is 5.97 Å². The first-order valence-electron chi connectivity index (χ1n) is 13.1. The van der Waals surface area contributed by atoms with E-state index in [1.165, 1.54) is 0 Å². The van der Waals surface area contributed by atoms with E-state index in [9.17, 15) is 19.8 Å². The summed E-state index contributed by atoms with van der Waals surface area (Å²) in [4.78, 5) is 25.7. The highest BCUT2D eigenvalue weighted by Crippen LogP contribution is 2.73. The van der Waals surface area contributed by atoms with Crippen molar-refractivity contribution in [1.82, 2.24) is 0 Å². The minimum Gasteiger partial charge on any atom is -0.456 e. The van der Waals surface area contributed by atoms with Crippen molar-refractivity contribution in [1.29, 1.82) is 0 Å². The van der Waals surface area contributed by atoms with Crippen molar-refractivity contribution in [2.45, 2.75) is 103 Å². The van der Waals surface area contributed by atoms with Crippen molar-refractivity contribution in [3.8, 4) is 0 Å². The third-order valence-corrected chi connectivity index (χ3v) is 11.7. The van der Waals surface area contributed by atoms with Crippen molar-refractivity contribution in [3.05, 3.63) is 23.3 Å². The molecule has 0 amide bonds. The van der Waals surface area contributed by atoms with E-state index >= 15 is 0 Å². The van der Waals surface area contributed by atoms with Crippen LogP contribution in [-0.4, -0.2) is 51.5 Å². The number of carbonyl (C=O) groups excluding carboxylic acids is 2. The maximum Gasteiger partial charge on any atom is 0.334 e. The SMILES string of the molecule is CC1=C(C)C(=O)O[C@@H]([C@](C)(O)[C@H]2CC[C@H]3[C@@H]4C[C@H]5O[C@]56C(O)C=CC(=O)[C@]6(C)[C@H]4CC[C@]23C)C1. The fraction of sp³-hybridized carbons (Fsp3) is 0.786. The molecule has 0 radical (unpaired) electrons. The Labute approximate surface area is 201 Å². The number of hydrogen-bond donors (Lipinski definition) is 2. The first kappa shape index (κ1) is 22.9. The van der Waals surface area contributed by atoms with Gasteiger partial charge in [0.05, 0.1) is 11.5 Å². The Bertz CT molecular complexity index is 1030. The van der Waals surface area contributed by atoms with Crippen LogP contribution in [0.4, 0.5) is 0 Å². The minimum atomic E-state index is -1.12. The molecule has 1 saturated heterocycles. The van der Waals surface area contributed by atoms with Crippen LogP contribution in [0.2, 0.25) is 0 Å². The fourth-order valence-corrected chi connectivity index (χ4v) is 9.56. The Morgan fingerprint density at radius 1 is 1.12 bits per heavy atom. The van der Waals surface area contributed by atoms with E-state index in [-0.39, 0.29) is 35.1 Å². The normalized spacial score (nSPS) is 53.3. The zero-order chi connectivity index (χ0) is 24.4. The lowest BCUT2D eigenvalue weighted by molar-refractivity contribution is -0.184. The van der Waals surface area contributed by atoms with Crippen molar-refractivity contribution in [3.63, 3.8) is 0 Å². The number of cyclic esters (lactones) is 1. The molecular formula is C28H38O6. The quantitative estimate of drug-likeness (QED) is 0.474. The number of hydrogen-bond acceptors (Lipinski definition) is 6. The molecule has 2 N–H and O–H groups in total. The lowest BCUT2D eigenvalue weighted by Crippen LogP contribution is -2.64. The molecule has 0 aromatic heterocycles. The second-order valence-electron chi connectivity index (χ2n) is 12.8. The van der Waals surface area contributed by atoms with Gasteiger partial charge in [0.25, 0.3) is 0 Å². The molecule has 2 heterocycles. The second-order valence-corrected chi connectivity index (χ2v) is 12.8. The zero-order valence-electron chi connectivity index (χ0n) is 21.0. The molecule has 0 bridgehead atoms. The van der Waals surface area contributed by atoms with Crippen molar-refractivity contribution >= 4 is 11.8 Å². The summed E-state index contributed by atoms with van der Waals surface area (Å²) in [5.74, 6) is 0.651. The number of esters is 1. The second kappa shape index (κ2) is 6.83. The number of fused-ring (bicyclic) bond motifs is 4. The van der Waals surface area contributed by atoms with Crippen LogP contribution < -0.4 is 0 Å². The van der Waals surface area contributed by atoms with Gasteiger partial charge in [-0.2, -0.15) is 0 Å². The van der Waals surface area contributed by atoms with Gasteiger partial charge in [-0.15, -0.1) is 0 Å². The molecule has 11 atom stereocenters. The van der Waals surface area contributed by atoms with E-state index in [1.54, 1.807) is 19.1 Å². The largest absolute Gasteiger partial charge is 0.456 e. The molecule has 0 aromatic rings. The monoisotopic (exact) mass is 470 g/mol. The molecule has 6 nitrogen and oxygen atoms in total. The molecule has 4 aliphatic carbocycles. The van der Waals surface area contributed by atoms with Gasteiger partial charge in [-0.25, -0.2) is 4.79 Å². The Balaban J connectivity index is 1.31. The van der Waals surface area contributed by atoms with Gasteiger partial charge in [-0.1, -0.05) is 12.5 Å². The molecule has 4 fully saturated rings. The topological polar surface area (TPSA) is 96.4 Å². The van der Waals surface area contributed by atoms with Gasteiger partial charge in [0, 0.05) is 12.0 Å². The smallest absolute Gasteiger partial charge is 0.334 e. The number of carbonyl (C=O) groups is 2. The standard InChI is InChI=1S/C28H38O6/c1-14-12-22(33-24(31)15(14)2)27(5,32)19-7-6-17-16-13-23-28(34-23)21(30)9-8-20(29)26(28,4)18(16)10-11-25(17,19)3/h8-9,16-19,21-23,30,32H,6-7,10-13H2,1-5H3/t16-,17-,18-,19-,21?,22+,23+,25-,26-,27+,28+/m0/s1. The highest BCUT2D eigenvalue weighted by Gasteiger charge is 2.80. The Hall–Kier alpha value is -1.50. The molecular weight excluding hydrogens is 432 g/mol. The van der Waals surface area contributed by atoms with E-state index in [4.69, 9.17) is 9.47 Å². The van der Waals surface area contributed by atoms with Crippen LogP contribution in [0.15, 0.2) is 23.3 Å². The average Bonchev–Trinajstić information content (AvgIpc) is 3.40. The lowest BCUT2D eigenvalue weighted by Gasteiger charge is -2.59. The molecule has 1 unspecified atom stereocenters. The number of ketones is 1. The van der Waals surface area contributed by atoms with E-state index in [1.807, 2.05) is 20.8 Å². The van der Waals surface area contributed by atoms with Gasteiger partial charge in [-0.05, 0) is 101 Å².